The quantitative estimate of drug-likeness (QED) is 0.674. The Hall–Kier alpha value is -3.10. The predicted octanol–water partition coefficient (Wildman–Crippen LogP) is -0.684. The molecule has 2 aromatic heterocycles. The Balaban J connectivity index is 0.00000264. The molecule has 6 N–H and O–H groups in total. The standard InChI is InChI=1S/C16H16N4O2.2H2O/c21-15(19-11-13-3-7-17-8-4-13)1-2-16(22)20-12-14-5-9-18-10-6-14;;/h1-10H,11-12H2,(H,19,21)(H,20,22);2*1H2/b2-1+;;. The van der Waals surface area contributed by atoms with E-state index in [4.69, 9.17) is 0 Å². The smallest absolute Gasteiger partial charge is 0.244 e. The maximum Gasteiger partial charge on any atom is 0.244 e. The minimum atomic E-state index is -0.323. The summed E-state index contributed by atoms with van der Waals surface area (Å²) in [7, 11) is 0. The Labute approximate surface area is 139 Å². The van der Waals surface area contributed by atoms with Gasteiger partial charge in [-0.25, -0.2) is 0 Å². The van der Waals surface area contributed by atoms with Gasteiger partial charge in [0.05, 0.1) is 0 Å². The van der Waals surface area contributed by atoms with Gasteiger partial charge in [0.15, 0.2) is 0 Å². The van der Waals surface area contributed by atoms with Gasteiger partial charge in [0, 0.05) is 50.0 Å². The third-order valence-corrected chi connectivity index (χ3v) is 2.82. The number of aromatic nitrogens is 2. The van der Waals surface area contributed by atoms with E-state index in [2.05, 4.69) is 20.6 Å². The highest BCUT2D eigenvalue weighted by Gasteiger charge is 1.99. The van der Waals surface area contributed by atoms with Crippen LogP contribution in [0.4, 0.5) is 0 Å². The zero-order valence-corrected chi connectivity index (χ0v) is 12.9. The van der Waals surface area contributed by atoms with Crippen LogP contribution in [0.25, 0.3) is 0 Å². The van der Waals surface area contributed by atoms with Crippen LogP contribution >= 0.6 is 0 Å². The zero-order chi connectivity index (χ0) is 15.6. The van der Waals surface area contributed by atoms with Crippen molar-refractivity contribution in [2.75, 3.05) is 0 Å². The van der Waals surface area contributed by atoms with Gasteiger partial charge in [-0.3, -0.25) is 19.6 Å². The highest BCUT2D eigenvalue weighted by Crippen LogP contribution is 1.96. The van der Waals surface area contributed by atoms with Crippen LogP contribution in [0.3, 0.4) is 0 Å². The fourth-order valence-corrected chi connectivity index (χ4v) is 1.65. The van der Waals surface area contributed by atoms with Gasteiger partial charge in [-0.2, -0.15) is 0 Å². The number of pyridine rings is 2. The molecule has 2 amide bonds. The molecule has 0 radical (unpaired) electrons. The van der Waals surface area contributed by atoms with Gasteiger partial charge in [-0.1, -0.05) is 0 Å². The highest BCUT2D eigenvalue weighted by molar-refractivity contribution is 5.96. The lowest BCUT2D eigenvalue weighted by molar-refractivity contribution is -0.118. The number of hydrogen-bond acceptors (Lipinski definition) is 4. The van der Waals surface area contributed by atoms with E-state index in [1.54, 1.807) is 24.8 Å². The summed E-state index contributed by atoms with van der Waals surface area (Å²) in [5.74, 6) is -0.647. The summed E-state index contributed by atoms with van der Waals surface area (Å²) in [6.45, 7) is 0.786. The van der Waals surface area contributed by atoms with Crippen LogP contribution in [0.2, 0.25) is 0 Å². The van der Waals surface area contributed by atoms with Crippen LogP contribution < -0.4 is 10.6 Å². The van der Waals surface area contributed by atoms with Crippen molar-refractivity contribution in [2.45, 2.75) is 13.1 Å². The van der Waals surface area contributed by atoms with Crippen LogP contribution in [0.5, 0.6) is 0 Å². The van der Waals surface area contributed by atoms with E-state index in [1.807, 2.05) is 24.3 Å². The molecular formula is C16H20N4O4. The normalized spacial score (nSPS) is 9.50. The number of nitrogens with one attached hydrogen (secondary N) is 2. The van der Waals surface area contributed by atoms with Crippen LogP contribution in [0.1, 0.15) is 11.1 Å². The van der Waals surface area contributed by atoms with Gasteiger partial charge in [0.1, 0.15) is 0 Å². The van der Waals surface area contributed by atoms with E-state index in [0.29, 0.717) is 13.1 Å². The second kappa shape index (κ2) is 11.5. The maximum atomic E-state index is 11.6. The van der Waals surface area contributed by atoms with Crippen molar-refractivity contribution in [1.82, 2.24) is 20.6 Å². The van der Waals surface area contributed by atoms with Crippen molar-refractivity contribution in [3.63, 3.8) is 0 Å². The molecule has 0 saturated carbocycles. The number of amides is 2. The van der Waals surface area contributed by atoms with Gasteiger partial charge in [0.2, 0.25) is 11.8 Å². The fraction of sp³-hybridized carbons (Fsp3) is 0.125. The van der Waals surface area contributed by atoms with Gasteiger partial charge < -0.3 is 21.6 Å². The Kier molecular flexibility index (Phi) is 9.98. The Bertz CT molecular complexity index is 590. The topological polar surface area (TPSA) is 147 Å². The molecule has 2 rings (SSSR count). The lowest BCUT2D eigenvalue weighted by Gasteiger charge is -2.02. The molecule has 8 heteroatoms. The third kappa shape index (κ3) is 7.78. The van der Waals surface area contributed by atoms with Crippen molar-refractivity contribution in [2.24, 2.45) is 0 Å². The third-order valence-electron chi connectivity index (χ3n) is 2.82. The first-order valence-corrected chi connectivity index (χ1v) is 6.75. The summed E-state index contributed by atoms with van der Waals surface area (Å²) in [4.78, 5) is 31.0. The Morgan fingerprint density at radius 2 is 1.08 bits per heavy atom. The second-order valence-corrected chi connectivity index (χ2v) is 4.48. The molecule has 0 aliphatic rings. The molecule has 0 aromatic carbocycles. The van der Waals surface area contributed by atoms with Gasteiger partial charge in [0.25, 0.3) is 0 Å². The molecule has 2 heterocycles. The minimum Gasteiger partial charge on any atom is -0.412 e. The Morgan fingerprint density at radius 1 is 0.750 bits per heavy atom. The first kappa shape index (κ1) is 20.9. The monoisotopic (exact) mass is 332 g/mol. The first-order chi connectivity index (χ1) is 10.7. The molecule has 0 atom stereocenters. The molecule has 0 aliphatic heterocycles. The summed E-state index contributed by atoms with van der Waals surface area (Å²) in [6, 6.07) is 7.24. The average Bonchev–Trinajstić information content (AvgIpc) is 2.58. The summed E-state index contributed by atoms with van der Waals surface area (Å²) >= 11 is 0. The number of hydrogen-bond donors (Lipinski definition) is 2. The van der Waals surface area contributed by atoms with E-state index in [1.165, 1.54) is 12.2 Å². The molecule has 2 aromatic rings. The lowest BCUT2D eigenvalue weighted by Crippen LogP contribution is -2.23. The molecular weight excluding hydrogens is 312 g/mol. The van der Waals surface area contributed by atoms with Crippen molar-refractivity contribution in [3.05, 3.63) is 72.3 Å². The maximum absolute atomic E-state index is 11.6. The number of carbonyl (C=O) groups is 2. The molecule has 128 valence electrons. The zero-order valence-electron chi connectivity index (χ0n) is 12.9. The first-order valence-electron chi connectivity index (χ1n) is 6.75. The van der Waals surface area contributed by atoms with Gasteiger partial charge in [-0.15, -0.1) is 0 Å². The molecule has 0 unspecified atom stereocenters. The summed E-state index contributed by atoms with van der Waals surface area (Å²) in [5.41, 5.74) is 1.89. The molecule has 0 bridgehead atoms. The fourth-order valence-electron chi connectivity index (χ4n) is 1.65. The minimum absolute atomic E-state index is 0. The SMILES string of the molecule is O.O.O=C(/C=C/C(=O)NCc1ccncc1)NCc1ccncc1. The lowest BCUT2D eigenvalue weighted by atomic mass is 10.2. The van der Waals surface area contributed by atoms with Crippen molar-refractivity contribution in [1.29, 1.82) is 0 Å². The van der Waals surface area contributed by atoms with Crippen molar-refractivity contribution >= 4 is 11.8 Å². The van der Waals surface area contributed by atoms with Crippen LogP contribution in [-0.4, -0.2) is 32.7 Å². The Morgan fingerprint density at radius 3 is 1.42 bits per heavy atom. The summed E-state index contributed by atoms with van der Waals surface area (Å²) in [6.07, 6.45) is 9.05. The van der Waals surface area contributed by atoms with Crippen LogP contribution in [0, 0.1) is 0 Å². The van der Waals surface area contributed by atoms with E-state index >= 15 is 0 Å². The van der Waals surface area contributed by atoms with E-state index < -0.39 is 0 Å². The second-order valence-electron chi connectivity index (χ2n) is 4.48. The van der Waals surface area contributed by atoms with Crippen LogP contribution in [0.15, 0.2) is 61.2 Å². The van der Waals surface area contributed by atoms with Crippen molar-refractivity contribution < 1.29 is 20.5 Å². The number of carbonyl (C=O) groups excluding carboxylic acids is 2. The summed E-state index contributed by atoms with van der Waals surface area (Å²) in [5, 5.41) is 5.37. The largest absolute Gasteiger partial charge is 0.412 e. The number of rotatable bonds is 6. The molecule has 8 nitrogen and oxygen atoms in total. The summed E-state index contributed by atoms with van der Waals surface area (Å²) < 4.78 is 0. The average molecular weight is 332 g/mol. The highest BCUT2D eigenvalue weighted by atomic mass is 16.2. The molecule has 0 fully saturated rings. The molecule has 0 aliphatic carbocycles. The number of nitrogens with zero attached hydrogens (tertiary/aromatic N) is 2. The predicted molar refractivity (Wildman–Crippen MR) is 88.5 cm³/mol. The van der Waals surface area contributed by atoms with E-state index in [-0.39, 0.29) is 22.8 Å². The van der Waals surface area contributed by atoms with Crippen molar-refractivity contribution in [3.8, 4) is 0 Å². The van der Waals surface area contributed by atoms with E-state index in [9.17, 15) is 9.59 Å². The van der Waals surface area contributed by atoms with Crippen LogP contribution in [-0.2, 0) is 22.7 Å². The molecule has 24 heavy (non-hydrogen) atoms. The van der Waals surface area contributed by atoms with Gasteiger partial charge in [-0.05, 0) is 35.4 Å². The molecule has 0 saturated heterocycles. The van der Waals surface area contributed by atoms with E-state index in [0.717, 1.165) is 11.1 Å². The molecule has 0 spiro atoms. The van der Waals surface area contributed by atoms with Gasteiger partial charge >= 0.3 is 0 Å².